The molecule has 0 aliphatic carbocycles. The van der Waals surface area contributed by atoms with Crippen LogP contribution < -0.4 is 16.0 Å². The summed E-state index contributed by atoms with van der Waals surface area (Å²) in [5.41, 5.74) is 0. The second kappa shape index (κ2) is 4.58. The zero-order chi connectivity index (χ0) is 14.4. The van der Waals surface area contributed by atoms with Gasteiger partial charge in [-0.15, -0.1) is 0 Å². The van der Waals surface area contributed by atoms with Crippen LogP contribution in [0.5, 0.6) is 0 Å². The highest BCUT2D eigenvalue weighted by Gasteiger charge is 2.52. The van der Waals surface area contributed by atoms with Gasteiger partial charge in [0.1, 0.15) is 24.5 Å². The molecule has 0 aromatic carbocycles. The van der Waals surface area contributed by atoms with Crippen LogP contribution in [0.25, 0.3) is 0 Å². The van der Waals surface area contributed by atoms with Crippen molar-refractivity contribution in [3.05, 3.63) is 0 Å². The van der Waals surface area contributed by atoms with E-state index in [1.807, 2.05) is 0 Å². The first-order valence-corrected chi connectivity index (χ1v) is 6.16. The van der Waals surface area contributed by atoms with E-state index < -0.39 is 48.6 Å². The molecule has 5 unspecified atom stereocenters. The normalized spacial score (nSPS) is 40.2. The third kappa shape index (κ3) is 1.88. The highest BCUT2D eigenvalue weighted by Crippen LogP contribution is 2.28. The SMILES string of the molecule is O=C1NC(=O)C2NC(=O)N(C3CC(O)C(CO)O3)C2N1. The predicted octanol–water partition coefficient (Wildman–Crippen LogP) is -2.99. The van der Waals surface area contributed by atoms with Gasteiger partial charge in [0.15, 0.2) is 0 Å². The smallest absolute Gasteiger partial charge is 0.323 e. The van der Waals surface area contributed by atoms with Gasteiger partial charge in [-0.3, -0.25) is 15.0 Å². The average molecular weight is 286 g/mol. The number of hydrogen-bond acceptors (Lipinski definition) is 6. The Kier molecular flexibility index (Phi) is 3.00. The molecule has 0 spiro atoms. The van der Waals surface area contributed by atoms with Crippen molar-refractivity contribution >= 4 is 18.0 Å². The van der Waals surface area contributed by atoms with Crippen LogP contribution in [0.2, 0.25) is 0 Å². The molecule has 110 valence electrons. The second-order valence-corrected chi connectivity index (χ2v) is 4.86. The summed E-state index contributed by atoms with van der Waals surface area (Å²) >= 11 is 0. The summed E-state index contributed by atoms with van der Waals surface area (Å²) in [5.74, 6) is -0.605. The molecule has 0 saturated carbocycles. The standard InChI is InChI=1S/C10H14N4O6/c15-2-4-3(16)1-5(20-4)14-7-6(11-10(14)19)8(17)13-9(18)12-7/h3-7,15-16H,1-2H2,(H,11,19)(H2,12,13,17,18). The van der Waals surface area contributed by atoms with Crippen LogP contribution in [0.4, 0.5) is 9.59 Å². The molecule has 10 heteroatoms. The van der Waals surface area contributed by atoms with Gasteiger partial charge in [0, 0.05) is 6.42 Å². The fourth-order valence-electron chi connectivity index (χ4n) is 2.66. The lowest BCUT2D eigenvalue weighted by Crippen LogP contribution is -2.65. The second-order valence-electron chi connectivity index (χ2n) is 4.86. The maximum atomic E-state index is 11.9. The number of aliphatic hydroxyl groups is 2. The molecule has 0 aromatic heterocycles. The van der Waals surface area contributed by atoms with Gasteiger partial charge in [0.25, 0.3) is 5.91 Å². The van der Waals surface area contributed by atoms with E-state index in [9.17, 15) is 19.5 Å². The Bertz CT molecular complexity index is 471. The van der Waals surface area contributed by atoms with Crippen LogP contribution in [0.1, 0.15) is 6.42 Å². The van der Waals surface area contributed by atoms with Gasteiger partial charge in [0.05, 0.1) is 12.7 Å². The van der Waals surface area contributed by atoms with Crippen molar-refractivity contribution in [1.82, 2.24) is 20.9 Å². The van der Waals surface area contributed by atoms with Crippen molar-refractivity contribution in [1.29, 1.82) is 0 Å². The van der Waals surface area contributed by atoms with Gasteiger partial charge in [-0.2, -0.15) is 0 Å². The van der Waals surface area contributed by atoms with Crippen molar-refractivity contribution in [3.63, 3.8) is 0 Å². The molecule has 0 bridgehead atoms. The number of nitrogens with one attached hydrogen (secondary N) is 3. The van der Waals surface area contributed by atoms with E-state index in [4.69, 9.17) is 9.84 Å². The van der Waals surface area contributed by atoms with Crippen LogP contribution in [0.3, 0.4) is 0 Å². The molecule has 0 aromatic rings. The van der Waals surface area contributed by atoms with Crippen molar-refractivity contribution in [2.45, 2.75) is 37.1 Å². The van der Waals surface area contributed by atoms with E-state index in [2.05, 4.69) is 16.0 Å². The summed E-state index contributed by atoms with van der Waals surface area (Å²) in [6, 6.07) is -2.18. The van der Waals surface area contributed by atoms with E-state index in [1.165, 1.54) is 4.90 Å². The number of amides is 5. The molecule has 0 radical (unpaired) electrons. The number of nitrogens with zero attached hydrogens (tertiary/aromatic N) is 1. The minimum atomic E-state index is -0.912. The number of imide groups is 1. The van der Waals surface area contributed by atoms with Gasteiger partial charge < -0.3 is 25.6 Å². The van der Waals surface area contributed by atoms with Gasteiger partial charge >= 0.3 is 12.1 Å². The number of fused-ring (bicyclic) bond motifs is 1. The first kappa shape index (κ1) is 13.1. The lowest BCUT2D eigenvalue weighted by atomic mass is 10.1. The molecule has 3 aliphatic rings. The van der Waals surface area contributed by atoms with E-state index in [0.717, 1.165) is 0 Å². The molecule has 5 atom stereocenters. The van der Waals surface area contributed by atoms with Gasteiger partial charge in [-0.1, -0.05) is 0 Å². The largest absolute Gasteiger partial charge is 0.394 e. The Labute approximate surface area is 113 Å². The van der Waals surface area contributed by atoms with Gasteiger partial charge in [0.2, 0.25) is 0 Å². The number of hydrogen-bond donors (Lipinski definition) is 5. The highest BCUT2D eigenvalue weighted by molar-refractivity contribution is 6.03. The number of aliphatic hydroxyl groups excluding tert-OH is 2. The number of carbonyl (C=O) groups excluding carboxylic acids is 3. The first-order valence-electron chi connectivity index (χ1n) is 6.16. The molecule has 5 N–H and O–H groups in total. The molecule has 3 rings (SSSR count). The average Bonchev–Trinajstić information content (AvgIpc) is 2.89. The molecule has 3 heterocycles. The monoisotopic (exact) mass is 286 g/mol. The van der Waals surface area contributed by atoms with Crippen LogP contribution in [-0.2, 0) is 9.53 Å². The zero-order valence-electron chi connectivity index (χ0n) is 10.3. The number of rotatable bonds is 2. The van der Waals surface area contributed by atoms with E-state index in [-0.39, 0.29) is 13.0 Å². The Morgan fingerprint density at radius 3 is 2.70 bits per heavy atom. The summed E-state index contributed by atoms with van der Waals surface area (Å²) in [6.07, 6.45) is -3.30. The molecule has 5 amide bonds. The Morgan fingerprint density at radius 1 is 1.30 bits per heavy atom. The fourth-order valence-corrected chi connectivity index (χ4v) is 2.66. The first-order chi connectivity index (χ1) is 9.51. The Morgan fingerprint density at radius 2 is 2.05 bits per heavy atom. The van der Waals surface area contributed by atoms with Crippen LogP contribution in [-0.4, -0.2) is 70.3 Å². The third-order valence-corrected chi connectivity index (χ3v) is 3.62. The molecule has 3 saturated heterocycles. The van der Waals surface area contributed by atoms with Gasteiger partial charge in [-0.05, 0) is 0 Å². The zero-order valence-corrected chi connectivity index (χ0v) is 10.3. The van der Waals surface area contributed by atoms with Crippen molar-refractivity contribution < 1.29 is 29.3 Å². The highest BCUT2D eigenvalue weighted by atomic mass is 16.5. The summed E-state index contributed by atoms with van der Waals surface area (Å²) in [7, 11) is 0. The van der Waals surface area contributed by atoms with Crippen LogP contribution in [0.15, 0.2) is 0 Å². The predicted molar refractivity (Wildman–Crippen MR) is 61.0 cm³/mol. The number of urea groups is 2. The minimum absolute atomic E-state index is 0.0966. The summed E-state index contributed by atoms with van der Waals surface area (Å²) < 4.78 is 5.38. The maximum absolute atomic E-state index is 11.9. The van der Waals surface area contributed by atoms with Crippen molar-refractivity contribution in [3.8, 4) is 0 Å². The molecule has 10 nitrogen and oxygen atoms in total. The molecule has 20 heavy (non-hydrogen) atoms. The van der Waals surface area contributed by atoms with Crippen LogP contribution >= 0.6 is 0 Å². The number of carbonyl (C=O) groups is 3. The van der Waals surface area contributed by atoms with E-state index in [1.54, 1.807) is 0 Å². The molecule has 3 aliphatic heterocycles. The van der Waals surface area contributed by atoms with E-state index in [0.29, 0.717) is 0 Å². The van der Waals surface area contributed by atoms with Crippen molar-refractivity contribution in [2.75, 3.05) is 6.61 Å². The number of ether oxygens (including phenoxy) is 1. The lowest BCUT2D eigenvalue weighted by molar-refractivity contribution is -0.124. The molecule has 3 fully saturated rings. The van der Waals surface area contributed by atoms with Gasteiger partial charge in [-0.25, -0.2) is 9.59 Å². The fraction of sp³-hybridized carbons (Fsp3) is 0.700. The van der Waals surface area contributed by atoms with E-state index >= 15 is 0 Å². The topological polar surface area (TPSA) is 140 Å². The summed E-state index contributed by atoms with van der Waals surface area (Å²) in [5, 5.41) is 25.7. The summed E-state index contributed by atoms with van der Waals surface area (Å²) in [6.45, 7) is -0.381. The Hall–Kier alpha value is -1.91. The summed E-state index contributed by atoms with van der Waals surface area (Å²) in [4.78, 5) is 36.1. The lowest BCUT2D eigenvalue weighted by Gasteiger charge is -2.33. The molecular formula is C10H14N4O6. The Balaban J connectivity index is 1.81. The third-order valence-electron chi connectivity index (χ3n) is 3.62. The quantitative estimate of drug-likeness (QED) is 0.367. The molecular weight excluding hydrogens is 272 g/mol. The maximum Gasteiger partial charge on any atom is 0.323 e. The van der Waals surface area contributed by atoms with Crippen LogP contribution in [0, 0.1) is 0 Å². The van der Waals surface area contributed by atoms with Crippen molar-refractivity contribution in [2.24, 2.45) is 0 Å². The minimum Gasteiger partial charge on any atom is -0.394 e.